The van der Waals surface area contributed by atoms with Crippen molar-refractivity contribution in [3.05, 3.63) is 59.1 Å². The minimum atomic E-state index is -0.733. The normalized spacial score (nSPS) is 10.3. The average Bonchev–Trinajstić information content (AvgIpc) is 2.20. The molecule has 0 aliphatic carbocycles. The molecule has 1 radical (unpaired) electrons. The zero-order chi connectivity index (χ0) is 10.8. The third-order valence-corrected chi connectivity index (χ3v) is 2.36. The molecule has 0 unspecified atom stereocenters. The maximum absolute atomic E-state index is 13.4. The van der Waals surface area contributed by atoms with Gasteiger partial charge in [0.2, 0.25) is 0 Å². The number of halogens is 3. The molecule has 0 fully saturated rings. The van der Waals surface area contributed by atoms with Crippen molar-refractivity contribution in [3.63, 3.8) is 0 Å². The van der Waals surface area contributed by atoms with E-state index in [0.717, 1.165) is 6.07 Å². The van der Waals surface area contributed by atoms with E-state index in [1.807, 2.05) is 6.07 Å². The van der Waals surface area contributed by atoms with Crippen molar-refractivity contribution in [1.29, 1.82) is 0 Å². The third-order valence-electron chi connectivity index (χ3n) is 2.03. The Balaban J connectivity index is 2.60. The summed E-state index contributed by atoms with van der Waals surface area (Å²) in [6.45, 7) is 0. The summed E-state index contributed by atoms with van der Waals surface area (Å²) in [5.41, 5.74) is 0.787. The zero-order valence-electron chi connectivity index (χ0n) is 7.60. The van der Waals surface area contributed by atoms with E-state index in [2.05, 4.69) is 0 Å². The molecule has 0 nitrogen and oxygen atoms in total. The van der Waals surface area contributed by atoms with E-state index in [1.165, 1.54) is 6.07 Å². The second-order valence-corrected chi connectivity index (χ2v) is 3.42. The van der Waals surface area contributed by atoms with E-state index < -0.39 is 11.6 Å². The lowest BCUT2D eigenvalue weighted by Crippen LogP contribution is -1.87. The van der Waals surface area contributed by atoms with Crippen LogP contribution in [0.25, 0.3) is 11.1 Å². The number of benzene rings is 2. The predicted octanol–water partition coefficient (Wildman–Crippen LogP) is 4.09. The van der Waals surface area contributed by atoms with Crippen molar-refractivity contribution in [1.82, 2.24) is 0 Å². The van der Waals surface area contributed by atoms with Crippen molar-refractivity contribution in [2.24, 2.45) is 0 Å². The minimum absolute atomic E-state index is 0.252. The first-order valence-electron chi connectivity index (χ1n) is 4.30. The third kappa shape index (κ3) is 2.00. The summed E-state index contributed by atoms with van der Waals surface area (Å²) in [6, 6.07) is 11.3. The van der Waals surface area contributed by atoms with E-state index in [4.69, 9.17) is 11.6 Å². The summed E-state index contributed by atoms with van der Waals surface area (Å²) in [4.78, 5) is 0. The van der Waals surface area contributed by atoms with Gasteiger partial charge in [0.05, 0.1) is 6.07 Å². The highest BCUT2D eigenvalue weighted by molar-refractivity contribution is 6.33. The van der Waals surface area contributed by atoms with Crippen molar-refractivity contribution in [2.75, 3.05) is 0 Å². The van der Waals surface area contributed by atoms with Crippen molar-refractivity contribution >= 4 is 11.6 Å². The van der Waals surface area contributed by atoms with Crippen LogP contribution < -0.4 is 0 Å². The molecule has 0 amide bonds. The van der Waals surface area contributed by atoms with E-state index >= 15 is 0 Å². The quantitative estimate of drug-likeness (QED) is 0.683. The molecule has 0 spiro atoms. The summed E-state index contributed by atoms with van der Waals surface area (Å²) < 4.78 is 26.0. The highest BCUT2D eigenvalue weighted by Crippen LogP contribution is 2.29. The summed E-state index contributed by atoms with van der Waals surface area (Å²) >= 11 is 5.90. The van der Waals surface area contributed by atoms with Crippen LogP contribution in [0, 0.1) is 17.7 Å². The van der Waals surface area contributed by atoms with Gasteiger partial charge in [-0.15, -0.1) is 0 Å². The molecule has 0 heterocycles. The van der Waals surface area contributed by atoms with Gasteiger partial charge in [-0.1, -0.05) is 29.8 Å². The number of hydrogen-bond donors (Lipinski definition) is 0. The van der Waals surface area contributed by atoms with Crippen LogP contribution >= 0.6 is 11.6 Å². The summed E-state index contributed by atoms with van der Waals surface area (Å²) in [7, 11) is 0. The van der Waals surface area contributed by atoms with Gasteiger partial charge in [0.25, 0.3) is 0 Å². The molecule has 15 heavy (non-hydrogen) atoms. The van der Waals surface area contributed by atoms with Gasteiger partial charge in [-0.3, -0.25) is 0 Å². The van der Waals surface area contributed by atoms with E-state index in [9.17, 15) is 8.78 Å². The van der Waals surface area contributed by atoms with Gasteiger partial charge < -0.3 is 0 Å². The first-order chi connectivity index (χ1) is 7.18. The fourth-order valence-corrected chi connectivity index (χ4v) is 1.57. The summed E-state index contributed by atoms with van der Waals surface area (Å²) in [5, 5.41) is 0.427. The van der Waals surface area contributed by atoms with Gasteiger partial charge in [-0.2, -0.15) is 0 Å². The number of hydrogen-bond acceptors (Lipinski definition) is 0. The predicted molar refractivity (Wildman–Crippen MR) is 55.6 cm³/mol. The molecular formula is C12H6ClF2. The Labute approximate surface area is 91.1 Å². The lowest BCUT2D eigenvalue weighted by molar-refractivity contribution is 0.581. The molecule has 0 bridgehead atoms. The lowest BCUT2D eigenvalue weighted by atomic mass is 10.1. The van der Waals surface area contributed by atoms with Gasteiger partial charge in [0.15, 0.2) is 0 Å². The second kappa shape index (κ2) is 3.99. The summed E-state index contributed by atoms with van der Waals surface area (Å²) in [6.07, 6.45) is 0. The van der Waals surface area contributed by atoms with Gasteiger partial charge >= 0.3 is 0 Å². The van der Waals surface area contributed by atoms with Crippen LogP contribution in [0.1, 0.15) is 0 Å². The number of rotatable bonds is 1. The highest BCUT2D eigenvalue weighted by Gasteiger charge is 2.09. The molecule has 2 aromatic rings. The van der Waals surface area contributed by atoms with Crippen LogP contribution in [0.15, 0.2) is 36.4 Å². The Morgan fingerprint density at radius 1 is 0.933 bits per heavy atom. The van der Waals surface area contributed by atoms with Crippen LogP contribution in [0.4, 0.5) is 8.78 Å². The smallest absolute Gasteiger partial charge is 0.142 e. The first-order valence-corrected chi connectivity index (χ1v) is 4.68. The molecule has 2 rings (SSSR count). The lowest BCUT2D eigenvalue weighted by Gasteiger charge is -2.04. The largest absolute Gasteiger partial charge is 0.206 e. The molecule has 0 aromatic heterocycles. The van der Waals surface area contributed by atoms with E-state index in [0.29, 0.717) is 10.6 Å². The molecule has 0 N–H and O–H groups in total. The van der Waals surface area contributed by atoms with Crippen LogP contribution in [-0.4, -0.2) is 0 Å². The van der Waals surface area contributed by atoms with Crippen molar-refractivity contribution in [3.8, 4) is 11.1 Å². The molecule has 0 atom stereocenters. The zero-order valence-corrected chi connectivity index (χ0v) is 8.35. The Hall–Kier alpha value is -1.41. The molecule has 0 aliphatic heterocycles. The van der Waals surface area contributed by atoms with Crippen molar-refractivity contribution in [2.45, 2.75) is 0 Å². The maximum Gasteiger partial charge on any atom is 0.142 e. The monoisotopic (exact) mass is 223 g/mol. The Morgan fingerprint density at radius 2 is 1.67 bits per heavy atom. The fourth-order valence-electron chi connectivity index (χ4n) is 1.33. The Bertz CT molecular complexity index is 495. The van der Waals surface area contributed by atoms with Gasteiger partial charge in [0.1, 0.15) is 11.6 Å². The fraction of sp³-hybridized carbons (Fsp3) is 0. The van der Waals surface area contributed by atoms with Gasteiger partial charge in [-0.25, -0.2) is 8.78 Å². The second-order valence-electron chi connectivity index (χ2n) is 3.01. The van der Waals surface area contributed by atoms with E-state index in [1.54, 1.807) is 24.3 Å². The van der Waals surface area contributed by atoms with E-state index in [-0.39, 0.29) is 5.56 Å². The Morgan fingerprint density at radius 3 is 2.33 bits per heavy atom. The molecule has 0 saturated heterocycles. The molecule has 0 saturated carbocycles. The maximum atomic E-state index is 13.4. The Kier molecular flexibility index (Phi) is 2.69. The first kappa shape index (κ1) is 10.1. The molecule has 0 aliphatic rings. The summed E-state index contributed by atoms with van der Waals surface area (Å²) in [5.74, 6) is -1.45. The van der Waals surface area contributed by atoms with Gasteiger partial charge in [0, 0.05) is 16.1 Å². The van der Waals surface area contributed by atoms with Crippen molar-refractivity contribution < 1.29 is 8.78 Å². The van der Waals surface area contributed by atoms with Crippen LogP contribution in [0.5, 0.6) is 0 Å². The standard InChI is InChI=1S/C12H6ClF2/c13-11-4-2-1-3-9(11)10-6-5-8(14)7-12(10)15/h1-6H. The highest BCUT2D eigenvalue weighted by atomic mass is 35.5. The SMILES string of the molecule is Fc1[c]c(F)c(-c2ccccc2Cl)cc1. The van der Waals surface area contributed by atoms with Crippen LogP contribution in [0.2, 0.25) is 5.02 Å². The average molecular weight is 224 g/mol. The minimum Gasteiger partial charge on any atom is -0.206 e. The van der Waals surface area contributed by atoms with Crippen LogP contribution in [0.3, 0.4) is 0 Å². The van der Waals surface area contributed by atoms with Crippen LogP contribution in [-0.2, 0) is 0 Å². The molecule has 75 valence electrons. The molecule has 2 aromatic carbocycles. The van der Waals surface area contributed by atoms with Gasteiger partial charge in [-0.05, 0) is 18.2 Å². The topological polar surface area (TPSA) is 0 Å². The molecule has 3 heteroatoms. The molecular weight excluding hydrogens is 218 g/mol.